The maximum absolute atomic E-state index is 13.7. The number of hydrogen-bond donors (Lipinski definition) is 1. The van der Waals surface area contributed by atoms with E-state index in [1.54, 1.807) is 13.2 Å². The minimum atomic E-state index is -0.278. The van der Waals surface area contributed by atoms with Gasteiger partial charge in [0, 0.05) is 32.8 Å². The van der Waals surface area contributed by atoms with Gasteiger partial charge in [-0.2, -0.15) is 0 Å². The van der Waals surface area contributed by atoms with Gasteiger partial charge in [0.25, 0.3) is 0 Å². The van der Waals surface area contributed by atoms with Crippen LogP contribution in [0.5, 0.6) is 0 Å². The lowest BCUT2D eigenvalue weighted by Gasteiger charge is -2.40. The molecule has 5 rings (SSSR count). The molecule has 0 spiro atoms. The standard InChI is InChI=1S/C25H28FN4O2/c1-15-28-20-12-18(26)7-8-21(20)30(15)22-9-10-29(14-23(22)32-2)13-17-11-16-5-3-4-6-19(16)24(17)25(27)31/h4-8,12,17,22-24H,9-11,13-14H2,1-2H3,(H2,27,31)/t17?,22-,23-,24?/m1/s1. The van der Waals surface area contributed by atoms with E-state index >= 15 is 0 Å². The van der Waals surface area contributed by atoms with Crippen LogP contribution < -0.4 is 5.73 Å². The third-order valence-corrected chi connectivity index (χ3v) is 7.15. The topological polar surface area (TPSA) is 73.4 Å². The highest BCUT2D eigenvalue weighted by Crippen LogP contribution is 2.39. The van der Waals surface area contributed by atoms with Crippen molar-refractivity contribution in [3.63, 3.8) is 0 Å². The smallest absolute Gasteiger partial charge is 0.225 e. The van der Waals surface area contributed by atoms with Gasteiger partial charge in [0.15, 0.2) is 0 Å². The predicted octanol–water partition coefficient (Wildman–Crippen LogP) is 2.99. The summed E-state index contributed by atoms with van der Waals surface area (Å²) in [6, 6.07) is 13.8. The zero-order valence-corrected chi connectivity index (χ0v) is 18.4. The minimum absolute atomic E-state index is 0.0333. The summed E-state index contributed by atoms with van der Waals surface area (Å²) < 4.78 is 21.8. The zero-order valence-electron chi connectivity index (χ0n) is 18.4. The van der Waals surface area contributed by atoms with Gasteiger partial charge < -0.3 is 19.9 Å². The summed E-state index contributed by atoms with van der Waals surface area (Å²) in [5.41, 5.74) is 9.62. The Balaban J connectivity index is 1.35. The summed E-state index contributed by atoms with van der Waals surface area (Å²) in [5, 5.41) is 0. The van der Waals surface area contributed by atoms with Crippen LogP contribution in [0.2, 0.25) is 0 Å². The molecule has 7 heteroatoms. The van der Waals surface area contributed by atoms with Crippen molar-refractivity contribution in [3.05, 3.63) is 65.2 Å². The van der Waals surface area contributed by atoms with E-state index in [1.807, 2.05) is 25.1 Å². The van der Waals surface area contributed by atoms with E-state index in [4.69, 9.17) is 10.5 Å². The number of nitrogens with zero attached hydrogens (tertiary/aromatic N) is 3. The van der Waals surface area contributed by atoms with Crippen molar-refractivity contribution in [2.45, 2.75) is 37.8 Å². The van der Waals surface area contributed by atoms with Gasteiger partial charge in [-0.1, -0.05) is 18.2 Å². The average Bonchev–Trinajstić information content (AvgIpc) is 3.29. The monoisotopic (exact) mass is 435 g/mol. The zero-order chi connectivity index (χ0) is 22.4. The van der Waals surface area contributed by atoms with Gasteiger partial charge in [-0.3, -0.25) is 4.79 Å². The maximum atomic E-state index is 13.7. The fourth-order valence-corrected chi connectivity index (χ4v) is 5.77. The molecule has 1 aliphatic heterocycles. The Hall–Kier alpha value is -2.77. The lowest BCUT2D eigenvalue weighted by atomic mass is 9.90. The van der Waals surface area contributed by atoms with Gasteiger partial charge in [-0.15, -0.1) is 0 Å². The van der Waals surface area contributed by atoms with Gasteiger partial charge in [0.2, 0.25) is 5.91 Å². The lowest BCUT2D eigenvalue weighted by Crippen LogP contribution is -2.48. The Morgan fingerprint density at radius 1 is 1.38 bits per heavy atom. The minimum Gasteiger partial charge on any atom is -0.378 e. The van der Waals surface area contributed by atoms with E-state index in [0.29, 0.717) is 5.52 Å². The molecule has 1 aromatic heterocycles. The first-order valence-corrected chi connectivity index (χ1v) is 11.1. The summed E-state index contributed by atoms with van der Waals surface area (Å²) in [6.07, 6.45) is 1.69. The van der Waals surface area contributed by atoms with Gasteiger partial charge >= 0.3 is 0 Å². The molecular formula is C25H28FN4O2. The van der Waals surface area contributed by atoms with Gasteiger partial charge in [-0.25, -0.2) is 9.37 Å². The molecule has 1 aliphatic carbocycles. The van der Waals surface area contributed by atoms with Crippen molar-refractivity contribution in [1.29, 1.82) is 0 Å². The Kier molecular flexibility index (Phi) is 5.47. The number of benzene rings is 2. The average molecular weight is 436 g/mol. The number of likely N-dealkylation sites (tertiary alicyclic amines) is 1. The van der Waals surface area contributed by atoms with Crippen LogP contribution in [0.4, 0.5) is 4.39 Å². The van der Waals surface area contributed by atoms with E-state index in [2.05, 4.69) is 20.5 Å². The van der Waals surface area contributed by atoms with Crippen LogP contribution in [-0.2, 0) is 16.0 Å². The summed E-state index contributed by atoms with van der Waals surface area (Å²) in [4.78, 5) is 19.2. The number of ether oxygens (including phenoxy) is 1. The largest absolute Gasteiger partial charge is 0.378 e. The van der Waals surface area contributed by atoms with Crippen molar-refractivity contribution >= 4 is 16.9 Å². The van der Waals surface area contributed by atoms with Crippen LogP contribution in [0.3, 0.4) is 0 Å². The molecule has 6 nitrogen and oxygen atoms in total. The predicted molar refractivity (Wildman–Crippen MR) is 120 cm³/mol. The van der Waals surface area contributed by atoms with Crippen molar-refractivity contribution in [2.75, 3.05) is 26.7 Å². The SMILES string of the molecule is CO[C@@H]1CN(CC2Cc3c[c]ccc3C2C(N)=O)CC[C@H]1n1c(C)nc2cc(F)ccc21. The molecule has 0 bridgehead atoms. The first kappa shape index (κ1) is 21.1. The second kappa shape index (κ2) is 8.30. The number of halogens is 1. The molecular weight excluding hydrogens is 407 g/mol. The first-order valence-electron chi connectivity index (χ1n) is 11.1. The van der Waals surface area contributed by atoms with Crippen LogP contribution in [-0.4, -0.2) is 53.2 Å². The number of nitrogens with two attached hydrogens (primary N) is 1. The Morgan fingerprint density at radius 3 is 3.00 bits per heavy atom. The number of rotatable bonds is 5. The van der Waals surface area contributed by atoms with E-state index in [-0.39, 0.29) is 35.7 Å². The molecule has 2 aliphatic rings. The molecule has 2 unspecified atom stereocenters. The van der Waals surface area contributed by atoms with Crippen LogP contribution in [0.1, 0.15) is 35.3 Å². The number of carbonyl (C=O) groups excluding carboxylic acids is 1. The summed E-state index contributed by atoms with van der Waals surface area (Å²) >= 11 is 0. The number of aromatic nitrogens is 2. The highest BCUT2D eigenvalue weighted by Gasteiger charge is 2.39. The molecule has 1 saturated heterocycles. The van der Waals surface area contributed by atoms with Gasteiger partial charge in [0.05, 0.1) is 29.1 Å². The van der Waals surface area contributed by atoms with Crippen LogP contribution in [0, 0.1) is 24.7 Å². The number of carbonyl (C=O) groups is 1. The molecule has 1 amide bonds. The normalized spacial score (nSPS) is 25.8. The van der Waals surface area contributed by atoms with Crippen molar-refractivity contribution in [3.8, 4) is 0 Å². The number of hydrogen-bond acceptors (Lipinski definition) is 4. The summed E-state index contributed by atoms with van der Waals surface area (Å²) in [5.74, 6) is 0.229. The lowest BCUT2D eigenvalue weighted by molar-refractivity contribution is -0.120. The fourth-order valence-electron chi connectivity index (χ4n) is 5.77. The fraction of sp³-hybridized carbons (Fsp3) is 0.440. The molecule has 0 saturated carbocycles. The molecule has 3 aromatic rings. The molecule has 167 valence electrons. The van der Waals surface area contributed by atoms with E-state index in [0.717, 1.165) is 49.4 Å². The Bertz CT molecular complexity index is 1160. The number of imidazole rings is 1. The Morgan fingerprint density at radius 2 is 2.22 bits per heavy atom. The molecule has 2 aromatic carbocycles. The highest BCUT2D eigenvalue weighted by atomic mass is 19.1. The van der Waals surface area contributed by atoms with E-state index in [9.17, 15) is 9.18 Å². The summed E-state index contributed by atoms with van der Waals surface area (Å²) in [7, 11) is 1.74. The van der Waals surface area contributed by atoms with Crippen molar-refractivity contribution in [1.82, 2.24) is 14.5 Å². The van der Waals surface area contributed by atoms with Crippen LogP contribution in [0.15, 0.2) is 36.4 Å². The maximum Gasteiger partial charge on any atom is 0.225 e. The second-order valence-electron chi connectivity index (χ2n) is 9.02. The summed E-state index contributed by atoms with van der Waals surface area (Å²) in [6.45, 7) is 4.40. The molecule has 32 heavy (non-hydrogen) atoms. The number of methoxy groups -OCH3 is 1. The molecule has 1 fully saturated rings. The van der Waals surface area contributed by atoms with Gasteiger partial charge in [0.1, 0.15) is 11.6 Å². The van der Waals surface area contributed by atoms with E-state index < -0.39 is 0 Å². The third kappa shape index (κ3) is 3.59. The number of primary amides is 1. The number of fused-ring (bicyclic) bond motifs is 2. The third-order valence-electron chi connectivity index (χ3n) is 7.15. The molecule has 2 N–H and O–H groups in total. The van der Waals surface area contributed by atoms with Gasteiger partial charge in [-0.05, 0) is 55.0 Å². The molecule has 2 heterocycles. The van der Waals surface area contributed by atoms with Crippen molar-refractivity contribution in [2.24, 2.45) is 11.7 Å². The highest BCUT2D eigenvalue weighted by molar-refractivity contribution is 5.83. The number of piperidine rings is 1. The van der Waals surface area contributed by atoms with E-state index in [1.165, 1.54) is 17.7 Å². The van der Waals surface area contributed by atoms with Crippen molar-refractivity contribution < 1.29 is 13.9 Å². The van der Waals surface area contributed by atoms with Crippen LogP contribution >= 0.6 is 0 Å². The molecule has 1 radical (unpaired) electrons. The first-order chi connectivity index (χ1) is 15.5. The number of aryl methyl sites for hydroxylation is 1. The quantitative estimate of drug-likeness (QED) is 0.669. The second-order valence-corrected chi connectivity index (χ2v) is 9.02. The molecule has 4 atom stereocenters. The Labute approximate surface area is 187 Å². The van der Waals surface area contributed by atoms with Crippen LogP contribution in [0.25, 0.3) is 11.0 Å². The number of amides is 1.